The van der Waals surface area contributed by atoms with Crippen LogP contribution in [0.1, 0.15) is 5.56 Å². The molecule has 5 nitrogen and oxygen atoms in total. The fraction of sp³-hybridized carbons (Fsp3) is 0.154. The summed E-state index contributed by atoms with van der Waals surface area (Å²) >= 11 is 0. The van der Waals surface area contributed by atoms with E-state index in [4.69, 9.17) is 5.11 Å². The van der Waals surface area contributed by atoms with Gasteiger partial charge in [0.15, 0.2) is 0 Å². The summed E-state index contributed by atoms with van der Waals surface area (Å²) < 4.78 is 0. The van der Waals surface area contributed by atoms with Gasteiger partial charge in [0.05, 0.1) is 0 Å². The number of carbonyl (C=O) groups is 3. The van der Waals surface area contributed by atoms with Gasteiger partial charge >= 0.3 is 5.97 Å². The molecule has 0 aromatic heterocycles. The van der Waals surface area contributed by atoms with Gasteiger partial charge in [-0.2, -0.15) is 0 Å². The maximum Gasteiger partial charge on any atom is 0.323 e. The molecule has 1 rings (SSSR count). The first-order valence-electron chi connectivity index (χ1n) is 5.25. The van der Waals surface area contributed by atoms with Gasteiger partial charge < -0.3 is 10.0 Å². The number of nitrogens with zero attached hydrogens (tertiary/aromatic N) is 1. The molecule has 18 heavy (non-hydrogen) atoms. The van der Waals surface area contributed by atoms with Crippen molar-refractivity contribution in [3.63, 3.8) is 0 Å². The van der Waals surface area contributed by atoms with E-state index in [-0.39, 0.29) is 0 Å². The van der Waals surface area contributed by atoms with Crippen LogP contribution < -0.4 is 0 Å². The molecule has 5 heteroatoms. The Bertz CT molecular complexity index is 479. The first-order valence-corrected chi connectivity index (χ1v) is 5.25. The summed E-state index contributed by atoms with van der Waals surface area (Å²) in [6.45, 7) is -0.496. The van der Waals surface area contributed by atoms with Crippen LogP contribution >= 0.6 is 0 Å². The Morgan fingerprint density at radius 2 is 1.83 bits per heavy atom. The smallest absolute Gasteiger partial charge is 0.323 e. The van der Waals surface area contributed by atoms with Crippen LogP contribution in [0.4, 0.5) is 0 Å². The predicted molar refractivity (Wildman–Crippen MR) is 65.8 cm³/mol. The zero-order valence-corrected chi connectivity index (χ0v) is 9.87. The van der Waals surface area contributed by atoms with E-state index in [1.807, 2.05) is 18.2 Å². The molecule has 0 saturated carbocycles. The second kappa shape index (κ2) is 6.34. The molecule has 0 saturated heterocycles. The van der Waals surface area contributed by atoms with Gasteiger partial charge in [-0.3, -0.25) is 14.4 Å². The number of hydrogen-bond acceptors (Lipinski definition) is 3. The van der Waals surface area contributed by atoms with Crippen molar-refractivity contribution in [3.05, 3.63) is 42.0 Å². The van der Waals surface area contributed by atoms with Crippen molar-refractivity contribution in [1.29, 1.82) is 0 Å². The molecule has 1 N–H and O–H groups in total. The van der Waals surface area contributed by atoms with Gasteiger partial charge in [-0.05, 0) is 11.6 Å². The van der Waals surface area contributed by atoms with Crippen molar-refractivity contribution in [3.8, 4) is 0 Å². The largest absolute Gasteiger partial charge is 0.480 e. The zero-order chi connectivity index (χ0) is 13.5. The molecular weight excluding hydrogens is 234 g/mol. The number of aliphatic carboxylic acids is 1. The average Bonchev–Trinajstić information content (AvgIpc) is 2.35. The van der Waals surface area contributed by atoms with Crippen LogP contribution in [0.2, 0.25) is 0 Å². The van der Waals surface area contributed by atoms with Crippen molar-refractivity contribution < 1.29 is 19.5 Å². The number of likely N-dealkylation sites (N-methyl/N-ethyl adjacent to an activating group) is 1. The lowest BCUT2D eigenvalue weighted by atomic mass is 10.2. The highest BCUT2D eigenvalue weighted by Gasteiger charge is 2.17. The number of rotatable bonds is 5. The Morgan fingerprint density at radius 1 is 1.22 bits per heavy atom. The quantitative estimate of drug-likeness (QED) is 0.617. The Hall–Kier alpha value is -2.43. The SMILES string of the molecule is CN(CC(=O)O)C(=O)C(=O)C=Cc1ccccc1. The van der Waals surface area contributed by atoms with E-state index in [1.165, 1.54) is 13.1 Å². The number of carboxylic acid groups (broad SMARTS) is 1. The molecule has 94 valence electrons. The van der Waals surface area contributed by atoms with Crippen LogP contribution in [-0.4, -0.2) is 41.3 Å². The molecule has 0 heterocycles. The van der Waals surface area contributed by atoms with Gasteiger partial charge in [-0.1, -0.05) is 36.4 Å². The predicted octanol–water partition coefficient (Wildman–Crippen LogP) is 0.812. The first kappa shape index (κ1) is 13.6. The van der Waals surface area contributed by atoms with E-state index in [2.05, 4.69) is 0 Å². The van der Waals surface area contributed by atoms with Crippen LogP contribution in [-0.2, 0) is 14.4 Å². The lowest BCUT2D eigenvalue weighted by Gasteiger charge is -2.11. The Kier molecular flexibility index (Phi) is 4.80. The minimum Gasteiger partial charge on any atom is -0.480 e. The lowest BCUT2D eigenvalue weighted by Crippen LogP contribution is -2.36. The minimum absolute atomic E-state index is 0.496. The van der Waals surface area contributed by atoms with Crippen molar-refractivity contribution in [2.24, 2.45) is 0 Å². The fourth-order valence-corrected chi connectivity index (χ4v) is 1.27. The van der Waals surface area contributed by atoms with Gasteiger partial charge in [0.1, 0.15) is 6.54 Å². The molecule has 0 spiro atoms. The number of carbonyl (C=O) groups excluding carboxylic acids is 2. The molecule has 0 radical (unpaired) electrons. The van der Waals surface area contributed by atoms with Gasteiger partial charge in [-0.25, -0.2) is 0 Å². The maximum absolute atomic E-state index is 11.5. The average molecular weight is 247 g/mol. The highest BCUT2D eigenvalue weighted by atomic mass is 16.4. The molecule has 0 bridgehead atoms. The topological polar surface area (TPSA) is 74.7 Å². The number of carboxylic acids is 1. The third-order valence-electron chi connectivity index (χ3n) is 2.16. The molecule has 0 aliphatic carbocycles. The Labute approximate surface area is 104 Å². The van der Waals surface area contributed by atoms with Gasteiger partial charge in [0.2, 0.25) is 5.78 Å². The van der Waals surface area contributed by atoms with E-state index in [0.29, 0.717) is 0 Å². The summed E-state index contributed by atoms with van der Waals surface area (Å²) in [6.07, 6.45) is 2.64. The van der Waals surface area contributed by atoms with Gasteiger partial charge in [0.25, 0.3) is 5.91 Å². The fourth-order valence-electron chi connectivity index (χ4n) is 1.27. The van der Waals surface area contributed by atoms with Crippen LogP contribution in [0.15, 0.2) is 36.4 Å². The van der Waals surface area contributed by atoms with Crippen molar-refractivity contribution in [2.75, 3.05) is 13.6 Å². The molecule has 0 unspecified atom stereocenters. The molecule has 0 fully saturated rings. The van der Waals surface area contributed by atoms with Gasteiger partial charge in [0, 0.05) is 7.05 Å². The van der Waals surface area contributed by atoms with Gasteiger partial charge in [-0.15, -0.1) is 0 Å². The second-order valence-corrected chi connectivity index (χ2v) is 3.66. The third-order valence-corrected chi connectivity index (χ3v) is 2.16. The zero-order valence-electron chi connectivity index (χ0n) is 9.87. The monoisotopic (exact) mass is 247 g/mol. The summed E-state index contributed by atoms with van der Waals surface area (Å²) in [6, 6.07) is 9.03. The first-order chi connectivity index (χ1) is 8.50. The summed E-state index contributed by atoms with van der Waals surface area (Å²) in [5.74, 6) is -2.75. The van der Waals surface area contributed by atoms with E-state index in [1.54, 1.807) is 12.1 Å². The number of ketones is 1. The molecule has 1 aromatic carbocycles. The van der Waals surface area contributed by atoms with E-state index >= 15 is 0 Å². The summed E-state index contributed by atoms with van der Waals surface area (Å²) in [5, 5.41) is 8.50. The maximum atomic E-state index is 11.5. The van der Waals surface area contributed by atoms with Crippen LogP contribution in [0.5, 0.6) is 0 Å². The van der Waals surface area contributed by atoms with Crippen molar-refractivity contribution in [1.82, 2.24) is 4.90 Å². The van der Waals surface area contributed by atoms with Crippen LogP contribution in [0, 0.1) is 0 Å². The second-order valence-electron chi connectivity index (χ2n) is 3.66. The Balaban J connectivity index is 2.63. The molecule has 0 aliphatic rings. The highest BCUT2D eigenvalue weighted by molar-refractivity contribution is 6.41. The van der Waals surface area contributed by atoms with Crippen LogP contribution in [0.3, 0.4) is 0 Å². The molecular formula is C13H13NO4. The number of hydrogen-bond donors (Lipinski definition) is 1. The van der Waals surface area contributed by atoms with E-state index in [0.717, 1.165) is 16.5 Å². The number of benzene rings is 1. The van der Waals surface area contributed by atoms with Crippen LogP contribution in [0.25, 0.3) is 6.08 Å². The Morgan fingerprint density at radius 3 is 2.39 bits per heavy atom. The standard InChI is InChI=1S/C13H13NO4/c1-14(9-12(16)17)13(18)11(15)8-7-10-5-3-2-4-6-10/h2-8H,9H2,1H3,(H,16,17). The summed E-state index contributed by atoms with van der Waals surface area (Å²) in [5.41, 5.74) is 0.791. The third kappa shape index (κ3) is 4.21. The normalized spacial score (nSPS) is 10.3. The minimum atomic E-state index is -1.16. The molecule has 0 atom stereocenters. The van der Waals surface area contributed by atoms with E-state index in [9.17, 15) is 14.4 Å². The van der Waals surface area contributed by atoms with Crippen molar-refractivity contribution >= 4 is 23.7 Å². The summed E-state index contributed by atoms with van der Waals surface area (Å²) in [4.78, 5) is 34.2. The van der Waals surface area contributed by atoms with E-state index < -0.39 is 24.2 Å². The van der Waals surface area contributed by atoms with Crippen molar-refractivity contribution in [2.45, 2.75) is 0 Å². The summed E-state index contributed by atoms with van der Waals surface area (Å²) in [7, 11) is 1.27. The molecule has 0 aliphatic heterocycles. The lowest BCUT2D eigenvalue weighted by molar-refractivity contribution is -0.146. The molecule has 1 aromatic rings. The molecule has 1 amide bonds. The highest BCUT2D eigenvalue weighted by Crippen LogP contribution is 2.01. The number of amides is 1.